The number of nitro benzene ring substituents is 1. The van der Waals surface area contributed by atoms with Gasteiger partial charge in [-0.25, -0.2) is 0 Å². The summed E-state index contributed by atoms with van der Waals surface area (Å²) in [5, 5.41) is 11.6. The number of nitro groups is 1. The molecule has 0 saturated heterocycles. The molecule has 0 bridgehead atoms. The molecular formula is C16H13ClN2O5S. The number of carbonyl (C=O) groups excluding carboxylic acids is 2. The number of rotatable bonds is 7. The van der Waals surface area contributed by atoms with Gasteiger partial charge in [0, 0.05) is 22.2 Å². The lowest BCUT2D eigenvalue weighted by Gasteiger charge is -2.07. The van der Waals surface area contributed by atoms with E-state index in [4.69, 9.17) is 22.1 Å². The zero-order valence-corrected chi connectivity index (χ0v) is 14.4. The summed E-state index contributed by atoms with van der Waals surface area (Å²) in [5.41, 5.74) is 5.51. The highest BCUT2D eigenvalue weighted by atomic mass is 35.5. The molecule has 1 amide bonds. The Morgan fingerprint density at radius 3 is 2.60 bits per heavy atom. The van der Waals surface area contributed by atoms with Gasteiger partial charge in [-0.1, -0.05) is 29.8 Å². The van der Waals surface area contributed by atoms with Gasteiger partial charge in [-0.15, -0.1) is 11.8 Å². The number of carbonyl (C=O) groups is 2. The first-order valence-corrected chi connectivity index (χ1v) is 8.35. The van der Waals surface area contributed by atoms with Crippen LogP contribution in [0.4, 0.5) is 5.69 Å². The average molecular weight is 381 g/mol. The van der Waals surface area contributed by atoms with Gasteiger partial charge in [-0.05, 0) is 18.2 Å². The lowest BCUT2D eigenvalue weighted by atomic mass is 10.2. The van der Waals surface area contributed by atoms with Gasteiger partial charge in [0.2, 0.25) is 5.91 Å². The zero-order chi connectivity index (χ0) is 18.4. The molecule has 2 aromatic rings. The van der Waals surface area contributed by atoms with Crippen molar-refractivity contribution >= 4 is 40.9 Å². The van der Waals surface area contributed by atoms with Crippen molar-refractivity contribution in [1.29, 1.82) is 0 Å². The summed E-state index contributed by atoms with van der Waals surface area (Å²) in [6.07, 6.45) is 0. The van der Waals surface area contributed by atoms with Gasteiger partial charge in [0.1, 0.15) is 6.61 Å². The number of hydrogen-bond donors (Lipinski definition) is 1. The van der Waals surface area contributed by atoms with E-state index in [-0.39, 0.29) is 28.5 Å². The van der Waals surface area contributed by atoms with E-state index in [1.807, 2.05) is 0 Å². The van der Waals surface area contributed by atoms with Gasteiger partial charge in [0.15, 0.2) is 0 Å². The highest BCUT2D eigenvalue weighted by molar-refractivity contribution is 8.00. The molecular weight excluding hydrogens is 368 g/mol. The monoisotopic (exact) mass is 380 g/mol. The van der Waals surface area contributed by atoms with Crippen LogP contribution in [0.15, 0.2) is 47.4 Å². The summed E-state index contributed by atoms with van der Waals surface area (Å²) in [6.45, 7) is 0.0156. The van der Waals surface area contributed by atoms with Gasteiger partial charge in [0.05, 0.1) is 15.6 Å². The van der Waals surface area contributed by atoms with E-state index in [0.29, 0.717) is 10.6 Å². The Morgan fingerprint density at radius 2 is 1.96 bits per heavy atom. The maximum Gasteiger partial charge on any atom is 0.316 e. The number of primary amides is 1. The Hall–Kier alpha value is -2.58. The third-order valence-electron chi connectivity index (χ3n) is 3.13. The van der Waals surface area contributed by atoms with Crippen molar-refractivity contribution in [2.24, 2.45) is 5.73 Å². The van der Waals surface area contributed by atoms with Gasteiger partial charge >= 0.3 is 5.97 Å². The Balaban J connectivity index is 1.98. The fourth-order valence-corrected chi connectivity index (χ4v) is 2.88. The van der Waals surface area contributed by atoms with Gasteiger partial charge in [-0.3, -0.25) is 19.7 Å². The van der Waals surface area contributed by atoms with Gasteiger partial charge in [0.25, 0.3) is 5.69 Å². The highest BCUT2D eigenvalue weighted by Gasteiger charge is 2.18. The van der Waals surface area contributed by atoms with E-state index in [2.05, 4.69) is 0 Å². The molecule has 0 saturated carbocycles. The third kappa shape index (κ3) is 5.20. The van der Waals surface area contributed by atoms with Crippen molar-refractivity contribution in [3.05, 3.63) is 68.7 Å². The number of amides is 1. The summed E-state index contributed by atoms with van der Waals surface area (Å²) in [7, 11) is 0. The van der Waals surface area contributed by atoms with E-state index < -0.39 is 16.8 Å². The SMILES string of the molecule is NC(=O)c1ccc(SCC(=O)OCc2ccccc2Cl)c([N+](=O)[O-])c1. The van der Waals surface area contributed by atoms with E-state index >= 15 is 0 Å². The number of nitrogens with zero attached hydrogens (tertiary/aromatic N) is 1. The number of nitrogens with two attached hydrogens (primary N) is 1. The first-order valence-electron chi connectivity index (χ1n) is 6.98. The summed E-state index contributed by atoms with van der Waals surface area (Å²) in [5.74, 6) is -1.43. The minimum atomic E-state index is -0.765. The van der Waals surface area contributed by atoms with Crippen LogP contribution in [0.5, 0.6) is 0 Å². The maximum absolute atomic E-state index is 11.8. The lowest BCUT2D eigenvalue weighted by molar-refractivity contribution is -0.387. The molecule has 0 unspecified atom stereocenters. The summed E-state index contributed by atoms with van der Waals surface area (Å²) in [6, 6.07) is 10.8. The van der Waals surface area contributed by atoms with Crippen molar-refractivity contribution in [3.8, 4) is 0 Å². The highest BCUT2D eigenvalue weighted by Crippen LogP contribution is 2.30. The third-order valence-corrected chi connectivity index (χ3v) is 4.54. The lowest BCUT2D eigenvalue weighted by Crippen LogP contribution is -2.11. The van der Waals surface area contributed by atoms with Gasteiger partial charge < -0.3 is 10.5 Å². The number of esters is 1. The molecule has 0 aliphatic rings. The first kappa shape index (κ1) is 18.8. The second-order valence-electron chi connectivity index (χ2n) is 4.84. The standard InChI is InChI=1S/C16H13ClN2O5S/c17-12-4-2-1-3-11(12)8-24-15(20)9-25-14-6-5-10(16(18)21)7-13(14)19(22)23/h1-7H,8-9H2,(H2,18,21). The van der Waals surface area contributed by atoms with Crippen molar-refractivity contribution in [1.82, 2.24) is 0 Å². The molecule has 9 heteroatoms. The Kier molecular flexibility index (Phi) is 6.37. The fourth-order valence-electron chi connectivity index (χ4n) is 1.89. The fraction of sp³-hybridized carbons (Fsp3) is 0.125. The van der Waals surface area contributed by atoms with Crippen LogP contribution in [0.2, 0.25) is 5.02 Å². The first-order chi connectivity index (χ1) is 11.9. The zero-order valence-electron chi connectivity index (χ0n) is 12.8. The molecule has 0 aliphatic carbocycles. The summed E-state index contributed by atoms with van der Waals surface area (Å²) >= 11 is 6.91. The average Bonchev–Trinajstić information content (AvgIpc) is 2.58. The minimum Gasteiger partial charge on any atom is -0.460 e. The second kappa shape index (κ2) is 8.50. The molecule has 7 nitrogen and oxygen atoms in total. The molecule has 0 spiro atoms. The normalized spacial score (nSPS) is 10.3. The number of ether oxygens (including phenoxy) is 1. The van der Waals surface area contributed by atoms with Crippen molar-refractivity contribution in [2.45, 2.75) is 11.5 Å². The van der Waals surface area contributed by atoms with E-state index in [0.717, 1.165) is 17.8 Å². The van der Waals surface area contributed by atoms with Crippen LogP contribution in [0.3, 0.4) is 0 Å². The van der Waals surface area contributed by atoms with Crippen molar-refractivity contribution in [3.63, 3.8) is 0 Å². The summed E-state index contributed by atoms with van der Waals surface area (Å²) in [4.78, 5) is 33.6. The molecule has 0 aliphatic heterocycles. The van der Waals surface area contributed by atoms with Crippen LogP contribution in [0.1, 0.15) is 15.9 Å². The largest absolute Gasteiger partial charge is 0.460 e. The van der Waals surface area contributed by atoms with Crippen molar-refractivity contribution in [2.75, 3.05) is 5.75 Å². The van der Waals surface area contributed by atoms with Crippen LogP contribution in [-0.4, -0.2) is 22.6 Å². The number of hydrogen-bond acceptors (Lipinski definition) is 6. The van der Waals surface area contributed by atoms with Crippen LogP contribution < -0.4 is 5.73 Å². The van der Waals surface area contributed by atoms with E-state index in [1.165, 1.54) is 12.1 Å². The summed E-state index contributed by atoms with van der Waals surface area (Å²) < 4.78 is 5.10. The molecule has 0 aromatic heterocycles. The topological polar surface area (TPSA) is 113 Å². The number of halogens is 1. The number of thioether (sulfide) groups is 1. The van der Waals surface area contributed by atoms with Crippen LogP contribution >= 0.6 is 23.4 Å². The Bertz CT molecular complexity index is 828. The van der Waals surface area contributed by atoms with Crippen LogP contribution in [-0.2, 0) is 16.1 Å². The minimum absolute atomic E-state index is 0.0156. The molecule has 2 aromatic carbocycles. The molecule has 130 valence electrons. The molecule has 2 N–H and O–H groups in total. The quantitative estimate of drug-likeness (QED) is 0.341. The number of benzene rings is 2. The van der Waals surface area contributed by atoms with E-state index in [9.17, 15) is 19.7 Å². The second-order valence-corrected chi connectivity index (χ2v) is 6.27. The maximum atomic E-state index is 11.8. The molecule has 0 atom stereocenters. The van der Waals surface area contributed by atoms with Crippen LogP contribution in [0, 0.1) is 10.1 Å². The molecule has 25 heavy (non-hydrogen) atoms. The van der Waals surface area contributed by atoms with Gasteiger partial charge in [-0.2, -0.15) is 0 Å². The Morgan fingerprint density at radius 1 is 1.24 bits per heavy atom. The molecule has 0 heterocycles. The predicted octanol–water partition coefficient (Wildman–Crippen LogP) is 3.18. The molecule has 0 radical (unpaired) electrons. The Labute approximate surface area is 152 Å². The predicted molar refractivity (Wildman–Crippen MR) is 93.6 cm³/mol. The van der Waals surface area contributed by atoms with Crippen LogP contribution in [0.25, 0.3) is 0 Å². The molecule has 0 fully saturated rings. The van der Waals surface area contributed by atoms with E-state index in [1.54, 1.807) is 24.3 Å². The smallest absolute Gasteiger partial charge is 0.316 e. The molecule has 2 rings (SSSR count). The van der Waals surface area contributed by atoms with Crippen molar-refractivity contribution < 1.29 is 19.2 Å².